The van der Waals surface area contributed by atoms with Crippen molar-refractivity contribution >= 4 is 18.0 Å². The molecule has 3 aromatic rings. The van der Waals surface area contributed by atoms with Crippen LogP contribution in [0.25, 0.3) is 16.7 Å². The molecule has 1 aliphatic carbocycles. The number of allylic oxidation sites excluding steroid dienone is 1. The van der Waals surface area contributed by atoms with Crippen LogP contribution in [0.15, 0.2) is 73.1 Å². The Morgan fingerprint density at radius 2 is 1.65 bits per heavy atom. The molecule has 2 aromatic carbocycles. The fourth-order valence-electron chi connectivity index (χ4n) is 2.96. The van der Waals surface area contributed by atoms with Gasteiger partial charge >= 0.3 is 0 Å². The summed E-state index contributed by atoms with van der Waals surface area (Å²) >= 11 is 0. The number of benzene rings is 2. The van der Waals surface area contributed by atoms with Gasteiger partial charge in [0, 0.05) is 18.0 Å². The van der Waals surface area contributed by atoms with Crippen molar-refractivity contribution in [1.82, 2.24) is 4.98 Å². The zero-order chi connectivity index (χ0) is 14.9. The van der Waals surface area contributed by atoms with Crippen molar-refractivity contribution in [2.75, 3.05) is 0 Å². The van der Waals surface area contributed by atoms with Crippen LogP contribution in [0.1, 0.15) is 16.7 Å². The first kappa shape index (κ1) is 15.4. The average Bonchev–Trinajstić information content (AvgIpc) is 2.99. The molecule has 0 spiro atoms. The van der Waals surface area contributed by atoms with Crippen LogP contribution in [0.5, 0.6) is 0 Å². The van der Waals surface area contributed by atoms with Crippen molar-refractivity contribution in [2.45, 2.75) is 6.42 Å². The molecule has 1 aliphatic rings. The second kappa shape index (κ2) is 6.35. The lowest BCUT2D eigenvalue weighted by Gasteiger charge is -2.08. The van der Waals surface area contributed by atoms with E-state index in [1.807, 2.05) is 24.4 Å². The molecule has 4 rings (SSSR count). The monoisotopic (exact) mass is 323 g/mol. The minimum Gasteiger partial charge on any atom is -0.264 e. The van der Waals surface area contributed by atoms with Crippen LogP contribution >= 0.6 is 12.4 Å². The van der Waals surface area contributed by atoms with Crippen LogP contribution < -0.4 is 0 Å². The molecular formula is C20H15ClFN. The molecule has 0 radical (unpaired) electrons. The highest BCUT2D eigenvalue weighted by atomic mass is 35.5. The van der Waals surface area contributed by atoms with Crippen molar-refractivity contribution in [1.29, 1.82) is 0 Å². The van der Waals surface area contributed by atoms with Crippen molar-refractivity contribution in [3.63, 3.8) is 0 Å². The summed E-state index contributed by atoms with van der Waals surface area (Å²) in [5, 5.41) is 0. The maximum atomic E-state index is 13.0. The summed E-state index contributed by atoms with van der Waals surface area (Å²) in [7, 11) is 0. The van der Waals surface area contributed by atoms with Crippen LogP contribution in [0.4, 0.5) is 4.39 Å². The second-order valence-electron chi connectivity index (χ2n) is 5.44. The van der Waals surface area contributed by atoms with Gasteiger partial charge in [-0.1, -0.05) is 42.5 Å². The van der Waals surface area contributed by atoms with E-state index in [-0.39, 0.29) is 18.2 Å². The number of fused-ring (bicyclic) bond motifs is 1. The summed E-state index contributed by atoms with van der Waals surface area (Å²) in [6, 6.07) is 17.1. The largest absolute Gasteiger partial charge is 0.264 e. The predicted molar refractivity (Wildman–Crippen MR) is 94.1 cm³/mol. The molecule has 23 heavy (non-hydrogen) atoms. The van der Waals surface area contributed by atoms with Crippen molar-refractivity contribution in [2.24, 2.45) is 0 Å². The summed E-state index contributed by atoms with van der Waals surface area (Å²) in [6.45, 7) is 0. The molecule has 0 saturated carbocycles. The molecule has 1 heterocycles. The molecule has 0 amide bonds. The zero-order valence-corrected chi connectivity index (χ0v) is 13.2. The molecule has 0 bridgehead atoms. The zero-order valence-electron chi connectivity index (χ0n) is 12.4. The Bertz CT molecular complexity index is 855. The number of hydrogen-bond acceptors (Lipinski definition) is 1. The molecule has 1 nitrogen and oxygen atoms in total. The number of halogens is 2. The predicted octanol–water partition coefficient (Wildman–Crippen LogP) is 5.30. The van der Waals surface area contributed by atoms with E-state index < -0.39 is 0 Å². The number of hydrogen-bond donors (Lipinski definition) is 0. The van der Waals surface area contributed by atoms with E-state index in [0.29, 0.717) is 0 Å². The van der Waals surface area contributed by atoms with Crippen LogP contribution in [0.3, 0.4) is 0 Å². The van der Waals surface area contributed by atoms with Crippen molar-refractivity contribution < 1.29 is 4.39 Å². The molecule has 0 N–H and O–H groups in total. The van der Waals surface area contributed by atoms with Gasteiger partial charge in [-0.2, -0.15) is 0 Å². The quantitative estimate of drug-likeness (QED) is 0.624. The number of rotatable bonds is 2. The molecule has 0 atom stereocenters. The Hall–Kier alpha value is -2.45. The summed E-state index contributed by atoms with van der Waals surface area (Å²) < 4.78 is 13.0. The van der Waals surface area contributed by atoms with Gasteiger partial charge in [0.15, 0.2) is 0 Å². The molecular weight excluding hydrogens is 309 g/mol. The van der Waals surface area contributed by atoms with E-state index in [4.69, 9.17) is 0 Å². The number of nitrogens with zero attached hydrogens (tertiary/aromatic N) is 1. The molecule has 0 aliphatic heterocycles. The van der Waals surface area contributed by atoms with Crippen molar-refractivity contribution in [3.05, 3.63) is 95.6 Å². The third-order valence-electron chi connectivity index (χ3n) is 4.07. The molecule has 0 fully saturated rings. The Labute approximate surface area is 140 Å². The number of aromatic nitrogens is 1. The van der Waals surface area contributed by atoms with Crippen molar-refractivity contribution in [3.8, 4) is 11.1 Å². The van der Waals surface area contributed by atoms with E-state index in [0.717, 1.165) is 23.1 Å². The third-order valence-corrected chi connectivity index (χ3v) is 4.07. The van der Waals surface area contributed by atoms with E-state index in [9.17, 15) is 4.39 Å². The maximum Gasteiger partial charge on any atom is 0.123 e. The lowest BCUT2D eigenvalue weighted by Crippen LogP contribution is -1.89. The van der Waals surface area contributed by atoms with Gasteiger partial charge in [-0.25, -0.2) is 4.39 Å². The van der Waals surface area contributed by atoms with E-state index in [1.165, 1.54) is 28.8 Å². The van der Waals surface area contributed by atoms with Crippen LogP contribution in [-0.4, -0.2) is 4.98 Å². The van der Waals surface area contributed by atoms with Gasteiger partial charge in [0.2, 0.25) is 0 Å². The molecule has 0 unspecified atom stereocenters. The highest BCUT2D eigenvalue weighted by Crippen LogP contribution is 2.34. The van der Waals surface area contributed by atoms with Gasteiger partial charge in [0.05, 0.1) is 0 Å². The second-order valence-corrected chi connectivity index (χ2v) is 5.44. The molecule has 114 valence electrons. The normalized spacial score (nSPS) is 12.3. The lowest BCUT2D eigenvalue weighted by atomic mass is 9.96. The molecule has 3 heteroatoms. The SMILES string of the molecule is Cl.Fc1ccc(-c2ccc3c(c2)CC=C3c2cccnc2)cc1. The Morgan fingerprint density at radius 1 is 0.870 bits per heavy atom. The minimum atomic E-state index is -0.203. The van der Waals surface area contributed by atoms with Crippen LogP contribution in [0, 0.1) is 5.82 Å². The van der Waals surface area contributed by atoms with E-state index in [2.05, 4.69) is 35.3 Å². The van der Waals surface area contributed by atoms with Gasteiger partial charge < -0.3 is 0 Å². The highest BCUT2D eigenvalue weighted by molar-refractivity contribution is 5.86. The Balaban J connectivity index is 0.00000156. The highest BCUT2D eigenvalue weighted by Gasteiger charge is 2.16. The van der Waals surface area contributed by atoms with Crippen LogP contribution in [0.2, 0.25) is 0 Å². The third kappa shape index (κ3) is 2.90. The summed E-state index contributed by atoms with van der Waals surface area (Å²) in [5.41, 5.74) is 7.13. The van der Waals surface area contributed by atoms with Gasteiger partial charge in [-0.05, 0) is 52.4 Å². The summed E-state index contributed by atoms with van der Waals surface area (Å²) in [5.74, 6) is -0.203. The summed E-state index contributed by atoms with van der Waals surface area (Å²) in [6.07, 6.45) is 6.86. The smallest absolute Gasteiger partial charge is 0.123 e. The van der Waals surface area contributed by atoms with Gasteiger partial charge in [-0.15, -0.1) is 12.4 Å². The fourth-order valence-corrected chi connectivity index (χ4v) is 2.96. The first-order valence-electron chi connectivity index (χ1n) is 7.31. The van der Waals surface area contributed by atoms with E-state index >= 15 is 0 Å². The summed E-state index contributed by atoms with van der Waals surface area (Å²) in [4.78, 5) is 4.20. The molecule has 0 saturated heterocycles. The topological polar surface area (TPSA) is 12.9 Å². The van der Waals surface area contributed by atoms with Gasteiger partial charge in [0.1, 0.15) is 5.82 Å². The maximum absolute atomic E-state index is 13.0. The van der Waals surface area contributed by atoms with Gasteiger partial charge in [0.25, 0.3) is 0 Å². The standard InChI is InChI=1S/C20H14FN.ClH/c21-18-7-3-14(4-8-18)15-5-9-19-16(12-15)6-10-20(19)17-2-1-11-22-13-17;/h1-5,7-13H,6H2;1H. The van der Waals surface area contributed by atoms with Crippen LogP contribution in [-0.2, 0) is 6.42 Å². The first-order chi connectivity index (χ1) is 10.8. The lowest BCUT2D eigenvalue weighted by molar-refractivity contribution is 0.628. The average molecular weight is 324 g/mol. The number of pyridine rings is 1. The fraction of sp³-hybridized carbons (Fsp3) is 0.0500. The Morgan fingerprint density at radius 3 is 2.39 bits per heavy atom. The first-order valence-corrected chi connectivity index (χ1v) is 7.31. The van der Waals surface area contributed by atoms with Gasteiger partial charge in [-0.3, -0.25) is 4.98 Å². The van der Waals surface area contributed by atoms with E-state index in [1.54, 1.807) is 6.20 Å². The molecule has 1 aromatic heterocycles. The Kier molecular flexibility index (Phi) is 4.26. The minimum absolute atomic E-state index is 0.